The lowest BCUT2D eigenvalue weighted by Crippen LogP contribution is -2.31. The van der Waals surface area contributed by atoms with E-state index in [1.165, 1.54) is 32.1 Å². The van der Waals surface area contributed by atoms with Gasteiger partial charge in [-0.05, 0) is 19.3 Å². The van der Waals surface area contributed by atoms with Gasteiger partial charge in [-0.3, -0.25) is 0 Å². The van der Waals surface area contributed by atoms with Crippen molar-refractivity contribution in [2.24, 2.45) is 5.41 Å². The fraction of sp³-hybridized carbons (Fsp3) is 1.00. The molecular weight excluding hydrogens is 228 g/mol. The van der Waals surface area contributed by atoms with Gasteiger partial charge in [0.2, 0.25) is 0 Å². The zero-order chi connectivity index (χ0) is 9.57. The Kier molecular flexibility index (Phi) is 5.34. The van der Waals surface area contributed by atoms with E-state index in [4.69, 9.17) is 4.74 Å². The third kappa shape index (κ3) is 3.59. The van der Waals surface area contributed by atoms with Gasteiger partial charge in [-0.25, -0.2) is 0 Å². The SMILES string of the molecule is CCCOCC1(CBr)CCCCC1. The van der Waals surface area contributed by atoms with Gasteiger partial charge in [-0.15, -0.1) is 0 Å². The van der Waals surface area contributed by atoms with Crippen molar-refractivity contribution in [1.29, 1.82) is 0 Å². The Morgan fingerprint density at radius 2 is 1.92 bits per heavy atom. The fourth-order valence-corrected chi connectivity index (χ4v) is 2.77. The minimum absolute atomic E-state index is 0.466. The molecule has 1 nitrogen and oxygen atoms in total. The molecule has 0 saturated heterocycles. The summed E-state index contributed by atoms with van der Waals surface area (Å²) in [5.41, 5.74) is 0.466. The molecule has 0 heterocycles. The van der Waals surface area contributed by atoms with Crippen LogP contribution in [0.25, 0.3) is 0 Å². The van der Waals surface area contributed by atoms with Crippen molar-refractivity contribution in [3.05, 3.63) is 0 Å². The van der Waals surface area contributed by atoms with Gasteiger partial charge in [0.05, 0.1) is 6.61 Å². The van der Waals surface area contributed by atoms with Crippen molar-refractivity contribution < 1.29 is 4.74 Å². The summed E-state index contributed by atoms with van der Waals surface area (Å²) in [6.07, 6.45) is 8.03. The van der Waals surface area contributed by atoms with E-state index in [-0.39, 0.29) is 0 Å². The van der Waals surface area contributed by atoms with Crippen LogP contribution < -0.4 is 0 Å². The molecule has 1 saturated carbocycles. The monoisotopic (exact) mass is 248 g/mol. The molecule has 0 unspecified atom stereocenters. The average Bonchev–Trinajstić information content (AvgIpc) is 2.20. The molecule has 1 fully saturated rings. The number of hydrogen-bond donors (Lipinski definition) is 0. The van der Waals surface area contributed by atoms with Gasteiger partial charge in [0.25, 0.3) is 0 Å². The Labute approximate surface area is 90.4 Å². The van der Waals surface area contributed by atoms with Gasteiger partial charge < -0.3 is 4.74 Å². The van der Waals surface area contributed by atoms with Crippen LogP contribution in [0.3, 0.4) is 0 Å². The third-order valence-electron chi connectivity index (χ3n) is 2.95. The van der Waals surface area contributed by atoms with Crippen molar-refractivity contribution in [2.45, 2.75) is 45.4 Å². The molecule has 1 rings (SSSR count). The predicted octanol–water partition coefficient (Wildman–Crippen LogP) is 3.76. The summed E-state index contributed by atoms with van der Waals surface area (Å²) in [4.78, 5) is 0. The van der Waals surface area contributed by atoms with Crippen molar-refractivity contribution in [3.63, 3.8) is 0 Å². The molecule has 1 aliphatic rings. The molecule has 13 heavy (non-hydrogen) atoms. The summed E-state index contributed by atoms with van der Waals surface area (Å²) in [7, 11) is 0. The number of hydrogen-bond acceptors (Lipinski definition) is 1. The van der Waals surface area contributed by atoms with Crippen LogP contribution in [0.15, 0.2) is 0 Å². The predicted molar refractivity (Wildman–Crippen MR) is 60.4 cm³/mol. The minimum atomic E-state index is 0.466. The van der Waals surface area contributed by atoms with E-state index < -0.39 is 0 Å². The van der Waals surface area contributed by atoms with Gasteiger partial charge in [-0.1, -0.05) is 42.1 Å². The van der Waals surface area contributed by atoms with Crippen molar-refractivity contribution in [2.75, 3.05) is 18.5 Å². The summed E-state index contributed by atoms with van der Waals surface area (Å²) in [5, 5.41) is 1.11. The van der Waals surface area contributed by atoms with Crippen LogP contribution in [0.1, 0.15) is 45.4 Å². The van der Waals surface area contributed by atoms with E-state index in [9.17, 15) is 0 Å². The first kappa shape index (κ1) is 11.5. The van der Waals surface area contributed by atoms with Crippen LogP contribution in [-0.4, -0.2) is 18.5 Å². The lowest BCUT2D eigenvalue weighted by atomic mass is 9.76. The summed E-state index contributed by atoms with van der Waals surface area (Å²) < 4.78 is 5.69. The molecular formula is C11H21BrO. The molecule has 0 N–H and O–H groups in total. The highest BCUT2D eigenvalue weighted by atomic mass is 79.9. The van der Waals surface area contributed by atoms with Crippen LogP contribution >= 0.6 is 15.9 Å². The molecule has 0 aromatic heterocycles. The normalized spacial score (nSPS) is 21.7. The molecule has 0 atom stereocenters. The Balaban J connectivity index is 2.29. The first-order chi connectivity index (χ1) is 6.33. The molecule has 0 aromatic rings. The Morgan fingerprint density at radius 3 is 2.46 bits per heavy atom. The van der Waals surface area contributed by atoms with Crippen LogP contribution in [0.2, 0.25) is 0 Å². The zero-order valence-corrected chi connectivity index (χ0v) is 10.2. The summed E-state index contributed by atoms with van der Waals surface area (Å²) in [6.45, 7) is 4.06. The highest BCUT2D eigenvalue weighted by molar-refractivity contribution is 9.09. The molecule has 0 radical (unpaired) electrons. The van der Waals surface area contributed by atoms with Crippen molar-refractivity contribution in [3.8, 4) is 0 Å². The Bertz CT molecular complexity index is 130. The molecule has 0 amide bonds. The topological polar surface area (TPSA) is 9.23 Å². The van der Waals surface area contributed by atoms with E-state index in [0.717, 1.165) is 25.0 Å². The van der Waals surface area contributed by atoms with E-state index in [2.05, 4.69) is 22.9 Å². The van der Waals surface area contributed by atoms with Crippen LogP contribution in [0.4, 0.5) is 0 Å². The van der Waals surface area contributed by atoms with E-state index in [1.54, 1.807) is 0 Å². The summed E-state index contributed by atoms with van der Waals surface area (Å²) in [5.74, 6) is 0. The summed E-state index contributed by atoms with van der Waals surface area (Å²) in [6, 6.07) is 0. The standard InChI is InChI=1S/C11H21BrO/c1-2-8-13-10-11(9-12)6-4-3-5-7-11/h2-10H2,1H3. The van der Waals surface area contributed by atoms with Crippen LogP contribution in [-0.2, 0) is 4.74 Å². The number of ether oxygens (including phenoxy) is 1. The van der Waals surface area contributed by atoms with Crippen molar-refractivity contribution in [1.82, 2.24) is 0 Å². The second-order valence-corrected chi connectivity index (χ2v) is 4.81. The zero-order valence-electron chi connectivity index (χ0n) is 8.65. The molecule has 0 spiro atoms. The quantitative estimate of drug-likeness (QED) is 0.532. The van der Waals surface area contributed by atoms with E-state index >= 15 is 0 Å². The Hall–Kier alpha value is 0.440. The second-order valence-electron chi connectivity index (χ2n) is 4.25. The highest BCUT2D eigenvalue weighted by Gasteiger charge is 2.30. The van der Waals surface area contributed by atoms with Gasteiger partial charge in [-0.2, -0.15) is 0 Å². The number of halogens is 1. The molecule has 0 aromatic carbocycles. The number of rotatable bonds is 5. The van der Waals surface area contributed by atoms with Gasteiger partial charge >= 0.3 is 0 Å². The van der Waals surface area contributed by atoms with Gasteiger partial charge in [0.15, 0.2) is 0 Å². The molecule has 0 aliphatic heterocycles. The molecule has 1 aliphatic carbocycles. The number of alkyl halides is 1. The first-order valence-electron chi connectivity index (χ1n) is 5.47. The van der Waals surface area contributed by atoms with Gasteiger partial charge in [0, 0.05) is 17.4 Å². The maximum absolute atomic E-state index is 5.69. The third-order valence-corrected chi connectivity index (χ3v) is 4.14. The smallest absolute Gasteiger partial charge is 0.0530 e. The average molecular weight is 249 g/mol. The lowest BCUT2D eigenvalue weighted by molar-refractivity contribution is 0.0353. The highest BCUT2D eigenvalue weighted by Crippen LogP contribution is 2.37. The molecule has 78 valence electrons. The van der Waals surface area contributed by atoms with Crippen LogP contribution in [0.5, 0.6) is 0 Å². The minimum Gasteiger partial charge on any atom is -0.381 e. The first-order valence-corrected chi connectivity index (χ1v) is 6.59. The lowest BCUT2D eigenvalue weighted by Gasteiger charge is -2.35. The molecule has 2 heteroatoms. The van der Waals surface area contributed by atoms with Crippen molar-refractivity contribution >= 4 is 15.9 Å². The second kappa shape index (κ2) is 6.02. The largest absolute Gasteiger partial charge is 0.381 e. The Morgan fingerprint density at radius 1 is 1.23 bits per heavy atom. The van der Waals surface area contributed by atoms with Gasteiger partial charge in [0.1, 0.15) is 0 Å². The summed E-state index contributed by atoms with van der Waals surface area (Å²) >= 11 is 3.64. The fourth-order valence-electron chi connectivity index (χ4n) is 2.05. The maximum atomic E-state index is 5.69. The molecule has 0 bridgehead atoms. The van der Waals surface area contributed by atoms with E-state index in [1.807, 2.05) is 0 Å². The maximum Gasteiger partial charge on any atom is 0.0530 e. The van der Waals surface area contributed by atoms with Crippen LogP contribution in [0, 0.1) is 5.41 Å². The van der Waals surface area contributed by atoms with E-state index in [0.29, 0.717) is 5.41 Å².